The number of anilines is 1. The van der Waals surface area contributed by atoms with Gasteiger partial charge in [0.05, 0.1) is 16.7 Å². The van der Waals surface area contributed by atoms with Crippen molar-refractivity contribution >= 4 is 33.2 Å². The van der Waals surface area contributed by atoms with Crippen molar-refractivity contribution in [3.8, 4) is 5.75 Å². The van der Waals surface area contributed by atoms with E-state index in [4.69, 9.17) is 16.3 Å². The van der Waals surface area contributed by atoms with Crippen LogP contribution in [0.5, 0.6) is 5.75 Å². The number of rotatable bonds is 9. The molecule has 0 bridgehead atoms. The Morgan fingerprint density at radius 2 is 1.58 bits per heavy atom. The van der Waals surface area contributed by atoms with E-state index in [1.807, 2.05) is 45.0 Å². The normalized spacial score (nSPS) is 11.3. The van der Waals surface area contributed by atoms with Crippen molar-refractivity contribution in [3.05, 3.63) is 88.9 Å². The second-order valence-corrected chi connectivity index (χ2v) is 10.2. The summed E-state index contributed by atoms with van der Waals surface area (Å²) in [5, 5.41) is 3.23. The number of benzene rings is 3. The summed E-state index contributed by atoms with van der Waals surface area (Å²) < 4.78 is 33.4. The van der Waals surface area contributed by atoms with E-state index in [0.717, 1.165) is 21.2 Å². The molecule has 0 aromatic heterocycles. The molecule has 3 aromatic rings. The highest BCUT2D eigenvalue weighted by Crippen LogP contribution is 2.25. The Morgan fingerprint density at radius 1 is 0.970 bits per heavy atom. The molecule has 3 aromatic carbocycles. The van der Waals surface area contributed by atoms with Crippen LogP contribution in [-0.4, -0.2) is 27.0 Å². The van der Waals surface area contributed by atoms with Crippen molar-refractivity contribution < 1.29 is 17.9 Å². The number of halogens is 1. The summed E-state index contributed by atoms with van der Waals surface area (Å²) in [6, 6.07) is 20.2. The number of hydrogen-bond acceptors (Lipinski definition) is 4. The van der Waals surface area contributed by atoms with Crippen molar-refractivity contribution in [2.24, 2.45) is 0 Å². The van der Waals surface area contributed by atoms with E-state index in [9.17, 15) is 13.2 Å². The highest BCUT2D eigenvalue weighted by Gasteiger charge is 2.27. The second-order valence-electron chi connectivity index (χ2n) is 7.89. The molecule has 0 radical (unpaired) electrons. The molecule has 0 aliphatic carbocycles. The van der Waals surface area contributed by atoms with E-state index < -0.39 is 15.9 Å². The number of ether oxygens (including phenoxy) is 1. The zero-order chi connectivity index (χ0) is 24.0. The van der Waals surface area contributed by atoms with Gasteiger partial charge < -0.3 is 10.1 Å². The summed E-state index contributed by atoms with van der Waals surface area (Å²) in [6.07, 6.45) is 0.0749. The molecule has 0 aliphatic heterocycles. The second kappa shape index (κ2) is 10.7. The highest BCUT2D eigenvalue weighted by atomic mass is 35.5. The van der Waals surface area contributed by atoms with Crippen LogP contribution in [0, 0.1) is 6.92 Å². The molecule has 0 spiro atoms. The van der Waals surface area contributed by atoms with Gasteiger partial charge in [-0.05, 0) is 74.9 Å². The summed E-state index contributed by atoms with van der Waals surface area (Å²) in [4.78, 5) is 12.8. The molecule has 6 nitrogen and oxygen atoms in total. The number of sulfonamides is 1. The third-order valence-corrected chi connectivity index (χ3v) is 6.84. The summed E-state index contributed by atoms with van der Waals surface area (Å²) >= 11 is 5.91. The molecule has 0 heterocycles. The Balaban J connectivity index is 1.76. The summed E-state index contributed by atoms with van der Waals surface area (Å²) in [5.74, 6) is 0.329. The van der Waals surface area contributed by atoms with Crippen LogP contribution in [0.25, 0.3) is 0 Å². The van der Waals surface area contributed by atoms with Crippen LogP contribution in [-0.2, 0) is 21.4 Å². The minimum atomic E-state index is -3.98. The van der Waals surface area contributed by atoms with Gasteiger partial charge in [0, 0.05) is 11.6 Å². The maximum absolute atomic E-state index is 13.4. The van der Waals surface area contributed by atoms with Gasteiger partial charge in [0.25, 0.3) is 10.0 Å². The molecule has 33 heavy (non-hydrogen) atoms. The Kier molecular flexibility index (Phi) is 8.00. The first-order valence-corrected chi connectivity index (χ1v) is 12.3. The molecule has 1 amide bonds. The fraction of sp³-hybridized carbons (Fsp3) is 0.240. The lowest BCUT2D eigenvalue weighted by Crippen LogP contribution is -2.40. The van der Waals surface area contributed by atoms with Crippen LogP contribution in [0.15, 0.2) is 77.7 Å². The maximum atomic E-state index is 13.4. The number of carbonyl (C=O) groups is 1. The average molecular weight is 487 g/mol. The van der Waals surface area contributed by atoms with Crippen molar-refractivity contribution in [3.63, 3.8) is 0 Å². The molecule has 0 aliphatic rings. The molecular formula is C25H27ClN2O4S. The lowest BCUT2D eigenvalue weighted by atomic mass is 10.2. The molecule has 0 fully saturated rings. The van der Waals surface area contributed by atoms with E-state index in [2.05, 4.69) is 5.32 Å². The molecule has 1 N–H and O–H groups in total. The first-order chi connectivity index (χ1) is 15.6. The summed E-state index contributed by atoms with van der Waals surface area (Å²) in [7, 11) is -3.98. The molecule has 8 heteroatoms. The summed E-state index contributed by atoms with van der Waals surface area (Å²) in [5.41, 5.74) is 2.26. The van der Waals surface area contributed by atoms with Gasteiger partial charge in [-0.15, -0.1) is 0 Å². The van der Waals surface area contributed by atoms with Gasteiger partial charge in [-0.3, -0.25) is 9.10 Å². The van der Waals surface area contributed by atoms with E-state index in [1.54, 1.807) is 24.3 Å². The van der Waals surface area contributed by atoms with Crippen molar-refractivity contribution in [1.82, 2.24) is 5.32 Å². The van der Waals surface area contributed by atoms with Crippen LogP contribution in [0.2, 0.25) is 5.02 Å². The molecule has 0 unspecified atom stereocenters. The largest absolute Gasteiger partial charge is 0.491 e. The lowest BCUT2D eigenvalue weighted by Gasteiger charge is -2.24. The van der Waals surface area contributed by atoms with E-state index in [1.165, 1.54) is 24.3 Å². The molecule has 0 atom stereocenters. The SMILES string of the molecule is Cc1ccc(N(CC(=O)NCc2ccc(OC(C)C)cc2)S(=O)(=O)c2ccc(Cl)cc2)cc1. The van der Waals surface area contributed by atoms with Crippen molar-refractivity contribution in [1.29, 1.82) is 0 Å². The topological polar surface area (TPSA) is 75.7 Å². The quantitative estimate of drug-likeness (QED) is 0.464. The zero-order valence-corrected chi connectivity index (χ0v) is 20.4. The standard InChI is InChI=1S/C25H27ClN2O4S/c1-18(2)32-23-12-6-20(7-13-23)16-27-25(29)17-28(22-10-4-19(3)5-11-22)33(30,31)24-14-8-21(26)9-15-24/h4-15,18H,16-17H2,1-3H3,(H,27,29). The molecule has 0 saturated heterocycles. The van der Waals surface area contributed by atoms with Crippen molar-refractivity contribution in [2.45, 2.75) is 38.3 Å². The predicted octanol–water partition coefficient (Wildman–Crippen LogP) is 4.95. The predicted molar refractivity (Wildman–Crippen MR) is 131 cm³/mol. The van der Waals surface area contributed by atoms with Gasteiger partial charge in [0.2, 0.25) is 5.91 Å². The van der Waals surface area contributed by atoms with Gasteiger partial charge in [-0.25, -0.2) is 8.42 Å². The first kappa shape index (κ1) is 24.6. The van der Waals surface area contributed by atoms with Crippen LogP contribution < -0.4 is 14.4 Å². The fourth-order valence-electron chi connectivity index (χ4n) is 3.10. The average Bonchev–Trinajstić information content (AvgIpc) is 2.77. The minimum Gasteiger partial charge on any atom is -0.491 e. The van der Waals surface area contributed by atoms with Gasteiger partial charge in [0.15, 0.2) is 0 Å². The number of hydrogen-bond donors (Lipinski definition) is 1. The monoisotopic (exact) mass is 486 g/mol. The maximum Gasteiger partial charge on any atom is 0.264 e. The molecule has 3 rings (SSSR count). The Morgan fingerprint density at radius 3 is 2.15 bits per heavy atom. The van der Waals surface area contributed by atoms with Crippen LogP contribution in [0.4, 0.5) is 5.69 Å². The molecular weight excluding hydrogens is 460 g/mol. The van der Waals surface area contributed by atoms with Crippen molar-refractivity contribution in [2.75, 3.05) is 10.8 Å². The molecule has 0 saturated carbocycles. The van der Waals surface area contributed by atoms with Gasteiger partial charge >= 0.3 is 0 Å². The summed E-state index contributed by atoms with van der Waals surface area (Å²) in [6.45, 7) is 5.72. The number of nitrogens with zero attached hydrogens (tertiary/aromatic N) is 1. The van der Waals surface area contributed by atoms with Crippen LogP contribution in [0.1, 0.15) is 25.0 Å². The number of aryl methyl sites for hydroxylation is 1. The number of nitrogens with one attached hydrogen (secondary N) is 1. The fourth-order valence-corrected chi connectivity index (χ4v) is 4.65. The number of carbonyl (C=O) groups excluding carboxylic acids is 1. The van der Waals surface area contributed by atoms with Crippen LogP contribution >= 0.6 is 11.6 Å². The number of amides is 1. The van der Waals surface area contributed by atoms with E-state index in [-0.39, 0.29) is 24.1 Å². The Hall–Kier alpha value is -3.03. The highest BCUT2D eigenvalue weighted by molar-refractivity contribution is 7.92. The Bertz CT molecular complexity index is 1180. The van der Waals surface area contributed by atoms with E-state index >= 15 is 0 Å². The lowest BCUT2D eigenvalue weighted by molar-refractivity contribution is -0.119. The molecule has 174 valence electrons. The van der Waals surface area contributed by atoms with E-state index in [0.29, 0.717) is 10.7 Å². The third kappa shape index (κ3) is 6.73. The Labute approximate surface area is 200 Å². The van der Waals surface area contributed by atoms with Gasteiger partial charge in [-0.1, -0.05) is 41.4 Å². The zero-order valence-electron chi connectivity index (χ0n) is 18.8. The smallest absolute Gasteiger partial charge is 0.264 e. The van der Waals surface area contributed by atoms with Crippen LogP contribution in [0.3, 0.4) is 0 Å². The van der Waals surface area contributed by atoms with Gasteiger partial charge in [-0.2, -0.15) is 0 Å². The third-order valence-electron chi connectivity index (χ3n) is 4.80. The first-order valence-electron chi connectivity index (χ1n) is 10.5. The minimum absolute atomic E-state index is 0.0565. The van der Waals surface area contributed by atoms with Gasteiger partial charge in [0.1, 0.15) is 12.3 Å².